The second-order valence-corrected chi connectivity index (χ2v) is 7.10. The van der Waals surface area contributed by atoms with Crippen molar-refractivity contribution in [2.75, 3.05) is 19.7 Å². The van der Waals surface area contributed by atoms with E-state index < -0.39 is 10.0 Å². The highest BCUT2D eigenvalue weighted by atomic mass is 32.2. The summed E-state index contributed by atoms with van der Waals surface area (Å²) >= 11 is 1.24. The van der Waals surface area contributed by atoms with Crippen molar-refractivity contribution in [1.82, 2.24) is 4.31 Å². The first kappa shape index (κ1) is 12.0. The minimum absolute atomic E-state index is 0.0659. The first-order chi connectivity index (χ1) is 7.64. The molecule has 1 N–H and O–H groups in total. The maximum atomic E-state index is 12.2. The molecule has 0 aliphatic carbocycles. The van der Waals surface area contributed by atoms with Crippen molar-refractivity contribution >= 4 is 21.4 Å². The van der Waals surface area contributed by atoms with Gasteiger partial charge in [0, 0.05) is 19.7 Å². The normalized spacial score (nSPS) is 23.4. The first-order valence-corrected chi connectivity index (χ1v) is 7.61. The van der Waals surface area contributed by atoms with Gasteiger partial charge in [0.1, 0.15) is 4.21 Å². The Balaban J connectivity index is 2.18. The fourth-order valence-electron chi connectivity index (χ4n) is 1.93. The zero-order valence-electron chi connectivity index (χ0n) is 8.87. The van der Waals surface area contributed by atoms with Crippen LogP contribution in [0.15, 0.2) is 21.7 Å². The molecule has 90 valence electrons. The summed E-state index contributed by atoms with van der Waals surface area (Å²) in [4.78, 5) is 0. The summed E-state index contributed by atoms with van der Waals surface area (Å²) in [7, 11) is -3.32. The van der Waals surface area contributed by atoms with E-state index in [9.17, 15) is 8.42 Å². The van der Waals surface area contributed by atoms with Gasteiger partial charge in [-0.1, -0.05) is 6.07 Å². The van der Waals surface area contributed by atoms with Gasteiger partial charge in [-0.2, -0.15) is 4.31 Å². The third-order valence-electron chi connectivity index (χ3n) is 2.83. The smallest absolute Gasteiger partial charge is 0.252 e. The number of sulfonamides is 1. The van der Waals surface area contributed by atoms with E-state index in [0.29, 0.717) is 17.3 Å². The summed E-state index contributed by atoms with van der Waals surface area (Å²) in [6.07, 6.45) is 1.74. The summed E-state index contributed by atoms with van der Waals surface area (Å²) in [5.74, 6) is 0.0866. The fraction of sp³-hybridized carbons (Fsp3) is 0.600. The molecule has 1 aromatic rings. The molecule has 1 atom stereocenters. The van der Waals surface area contributed by atoms with Gasteiger partial charge in [0.25, 0.3) is 10.0 Å². The van der Waals surface area contributed by atoms with Crippen molar-refractivity contribution in [2.24, 2.45) is 5.92 Å². The Bertz CT molecular complexity index is 427. The molecule has 4 nitrogen and oxygen atoms in total. The van der Waals surface area contributed by atoms with Crippen molar-refractivity contribution in [3.63, 3.8) is 0 Å². The topological polar surface area (TPSA) is 57.6 Å². The van der Waals surface area contributed by atoms with Gasteiger partial charge >= 0.3 is 0 Å². The Morgan fingerprint density at radius 3 is 3.00 bits per heavy atom. The minimum Gasteiger partial charge on any atom is -0.396 e. The van der Waals surface area contributed by atoms with Crippen molar-refractivity contribution in [2.45, 2.75) is 17.1 Å². The number of aliphatic hydroxyl groups excluding tert-OH is 1. The van der Waals surface area contributed by atoms with Crippen LogP contribution in [-0.4, -0.2) is 37.5 Å². The number of hydrogen-bond acceptors (Lipinski definition) is 4. The van der Waals surface area contributed by atoms with Gasteiger partial charge < -0.3 is 5.11 Å². The van der Waals surface area contributed by atoms with E-state index in [-0.39, 0.29) is 12.5 Å². The molecule has 0 spiro atoms. The second kappa shape index (κ2) is 4.83. The largest absolute Gasteiger partial charge is 0.396 e. The molecule has 2 heterocycles. The molecule has 1 aliphatic rings. The van der Waals surface area contributed by atoms with Crippen LogP contribution in [0.4, 0.5) is 0 Å². The highest BCUT2D eigenvalue weighted by Gasteiger charge is 2.30. The van der Waals surface area contributed by atoms with Crippen LogP contribution in [0.25, 0.3) is 0 Å². The van der Waals surface area contributed by atoms with Crippen LogP contribution in [0.2, 0.25) is 0 Å². The highest BCUT2D eigenvalue weighted by Crippen LogP contribution is 2.25. The Morgan fingerprint density at radius 1 is 1.56 bits per heavy atom. The molecule has 0 radical (unpaired) electrons. The van der Waals surface area contributed by atoms with Crippen molar-refractivity contribution in [3.8, 4) is 0 Å². The number of rotatable bonds is 3. The molecule has 16 heavy (non-hydrogen) atoms. The van der Waals surface area contributed by atoms with E-state index in [1.54, 1.807) is 17.5 Å². The standard InChI is InChI=1S/C10H15NO3S2/c12-8-9-3-1-5-11(7-9)16(13,14)10-4-2-6-15-10/h2,4,6,9,12H,1,3,5,7-8H2/t9-/m0/s1. The predicted octanol–water partition coefficient (Wildman–Crippen LogP) is 1.14. The summed E-state index contributed by atoms with van der Waals surface area (Å²) in [6.45, 7) is 1.07. The lowest BCUT2D eigenvalue weighted by atomic mass is 10.0. The van der Waals surface area contributed by atoms with Gasteiger partial charge in [-0.3, -0.25) is 0 Å². The zero-order valence-corrected chi connectivity index (χ0v) is 10.5. The average Bonchev–Trinajstić information content (AvgIpc) is 2.83. The molecule has 0 bridgehead atoms. The summed E-state index contributed by atoms with van der Waals surface area (Å²) in [5.41, 5.74) is 0. The van der Waals surface area contributed by atoms with Crippen LogP contribution in [0.5, 0.6) is 0 Å². The Kier molecular flexibility index (Phi) is 3.63. The van der Waals surface area contributed by atoms with Gasteiger partial charge in [-0.25, -0.2) is 8.42 Å². The lowest BCUT2D eigenvalue weighted by Crippen LogP contribution is -2.40. The molecule has 0 amide bonds. The van der Waals surface area contributed by atoms with Gasteiger partial charge in [-0.05, 0) is 30.2 Å². The third kappa shape index (κ3) is 2.29. The van der Waals surface area contributed by atoms with Crippen LogP contribution >= 0.6 is 11.3 Å². The number of piperidine rings is 1. The average molecular weight is 261 g/mol. The van der Waals surface area contributed by atoms with Crippen LogP contribution < -0.4 is 0 Å². The maximum absolute atomic E-state index is 12.2. The van der Waals surface area contributed by atoms with Gasteiger partial charge in [0.05, 0.1) is 0 Å². The predicted molar refractivity (Wildman–Crippen MR) is 62.9 cm³/mol. The number of aliphatic hydroxyl groups is 1. The second-order valence-electron chi connectivity index (χ2n) is 3.99. The molecule has 0 saturated carbocycles. The molecule has 6 heteroatoms. The molecule has 1 aromatic heterocycles. The SMILES string of the molecule is O=S(=O)(c1cccs1)N1CCC[C@H](CO)C1. The molecule has 0 aromatic carbocycles. The number of hydrogen-bond donors (Lipinski definition) is 1. The van der Waals surface area contributed by atoms with E-state index in [2.05, 4.69) is 0 Å². The molecular formula is C10H15NO3S2. The Labute approximate surface area is 99.6 Å². The number of nitrogens with zero attached hydrogens (tertiary/aromatic N) is 1. The highest BCUT2D eigenvalue weighted by molar-refractivity contribution is 7.91. The van der Waals surface area contributed by atoms with E-state index >= 15 is 0 Å². The first-order valence-electron chi connectivity index (χ1n) is 5.29. The monoisotopic (exact) mass is 261 g/mol. The van der Waals surface area contributed by atoms with E-state index in [0.717, 1.165) is 12.8 Å². The molecular weight excluding hydrogens is 246 g/mol. The van der Waals surface area contributed by atoms with Gasteiger partial charge in [0.15, 0.2) is 0 Å². The fourth-order valence-corrected chi connectivity index (χ4v) is 4.63. The van der Waals surface area contributed by atoms with Crippen LogP contribution in [0.3, 0.4) is 0 Å². The van der Waals surface area contributed by atoms with Crippen LogP contribution in [0.1, 0.15) is 12.8 Å². The van der Waals surface area contributed by atoms with Crippen molar-refractivity contribution in [3.05, 3.63) is 17.5 Å². The third-order valence-corrected chi connectivity index (χ3v) is 6.07. The number of thiophene rings is 1. The van der Waals surface area contributed by atoms with Gasteiger partial charge in [0.2, 0.25) is 0 Å². The van der Waals surface area contributed by atoms with E-state index in [1.807, 2.05) is 0 Å². The molecule has 1 saturated heterocycles. The van der Waals surface area contributed by atoms with E-state index in [4.69, 9.17) is 5.11 Å². The molecule has 2 rings (SSSR count). The summed E-state index contributed by atoms with van der Waals surface area (Å²) in [5, 5.41) is 10.9. The van der Waals surface area contributed by atoms with Crippen molar-refractivity contribution < 1.29 is 13.5 Å². The zero-order chi connectivity index (χ0) is 11.6. The molecule has 1 fully saturated rings. The summed E-state index contributed by atoms with van der Waals surface area (Å²) < 4.78 is 26.2. The lowest BCUT2D eigenvalue weighted by molar-refractivity contribution is 0.165. The lowest BCUT2D eigenvalue weighted by Gasteiger charge is -2.30. The minimum atomic E-state index is -3.32. The quantitative estimate of drug-likeness (QED) is 0.887. The van der Waals surface area contributed by atoms with Gasteiger partial charge in [-0.15, -0.1) is 11.3 Å². The Morgan fingerprint density at radius 2 is 2.38 bits per heavy atom. The maximum Gasteiger partial charge on any atom is 0.252 e. The molecule has 1 aliphatic heterocycles. The van der Waals surface area contributed by atoms with Crippen molar-refractivity contribution in [1.29, 1.82) is 0 Å². The Hall–Kier alpha value is -0.430. The molecule has 0 unspecified atom stereocenters. The van der Waals surface area contributed by atoms with Crippen LogP contribution in [0, 0.1) is 5.92 Å². The summed E-state index contributed by atoms with van der Waals surface area (Å²) in [6, 6.07) is 3.37. The van der Waals surface area contributed by atoms with Crippen LogP contribution in [-0.2, 0) is 10.0 Å². The van der Waals surface area contributed by atoms with E-state index in [1.165, 1.54) is 15.6 Å².